The topological polar surface area (TPSA) is 112 Å². The van der Waals surface area contributed by atoms with Crippen molar-refractivity contribution in [2.75, 3.05) is 17.2 Å². The van der Waals surface area contributed by atoms with E-state index >= 15 is 0 Å². The van der Waals surface area contributed by atoms with E-state index in [1.807, 2.05) is 6.92 Å². The summed E-state index contributed by atoms with van der Waals surface area (Å²) in [6.07, 6.45) is 1.99. The first kappa shape index (κ1) is 17.7. The van der Waals surface area contributed by atoms with E-state index in [9.17, 15) is 14.4 Å². The average Bonchev–Trinajstić information content (AvgIpc) is 3.01. The van der Waals surface area contributed by atoms with Crippen LogP contribution < -0.4 is 16.0 Å². The standard InChI is InChI=1S/C14H15BrFN5O3/c1-2-5-17-14(22)19-13-9(7-24-21-13)12(20-23)18-8-3-4-11(16)10(15)6-8/h3-4,6-7,23H,2,5H2,1H3,(H,18,20)(H2,17,19,21,22). The second-order valence-corrected chi connectivity index (χ2v) is 5.51. The van der Waals surface area contributed by atoms with E-state index in [-0.39, 0.29) is 21.7 Å². The van der Waals surface area contributed by atoms with Gasteiger partial charge >= 0.3 is 6.03 Å². The molecule has 10 heteroatoms. The molecule has 1 aromatic heterocycles. The molecule has 2 aromatic rings. The fourth-order valence-electron chi connectivity index (χ4n) is 1.74. The summed E-state index contributed by atoms with van der Waals surface area (Å²) in [5.74, 6) is -0.381. The Bertz CT molecular complexity index is 750. The number of halogens is 2. The van der Waals surface area contributed by atoms with Crippen molar-refractivity contribution in [2.45, 2.75) is 13.3 Å². The number of hydrogen-bond acceptors (Lipinski definition) is 5. The molecule has 24 heavy (non-hydrogen) atoms. The number of amides is 2. The van der Waals surface area contributed by atoms with Crippen LogP contribution in [0.4, 0.5) is 20.7 Å². The number of hydrogen-bond donors (Lipinski definition) is 4. The van der Waals surface area contributed by atoms with Crippen LogP contribution in [0.2, 0.25) is 0 Å². The summed E-state index contributed by atoms with van der Waals surface area (Å²) in [6, 6.07) is 3.70. The zero-order valence-electron chi connectivity index (χ0n) is 12.6. The summed E-state index contributed by atoms with van der Waals surface area (Å²) < 4.78 is 18.3. The van der Waals surface area contributed by atoms with Gasteiger partial charge in [0.15, 0.2) is 11.7 Å². The second-order valence-electron chi connectivity index (χ2n) is 4.66. The summed E-state index contributed by atoms with van der Waals surface area (Å²) in [4.78, 5) is 11.7. The number of nitrogens with one attached hydrogen (secondary N) is 3. The Labute approximate surface area is 145 Å². The van der Waals surface area contributed by atoms with E-state index in [2.05, 4.69) is 42.2 Å². The van der Waals surface area contributed by atoms with Crippen LogP contribution in [-0.4, -0.2) is 28.8 Å². The minimum absolute atomic E-state index is 0.0273. The first-order valence-corrected chi connectivity index (χ1v) is 7.78. The summed E-state index contributed by atoms with van der Waals surface area (Å²) >= 11 is 3.06. The van der Waals surface area contributed by atoms with Crippen molar-refractivity contribution in [1.82, 2.24) is 10.5 Å². The van der Waals surface area contributed by atoms with Crippen LogP contribution in [0.3, 0.4) is 0 Å². The van der Waals surface area contributed by atoms with Crippen molar-refractivity contribution in [3.63, 3.8) is 0 Å². The van der Waals surface area contributed by atoms with Gasteiger partial charge in [0.2, 0.25) is 0 Å². The van der Waals surface area contributed by atoms with Gasteiger partial charge < -0.3 is 20.4 Å². The molecule has 0 saturated carbocycles. The Hall–Kier alpha value is -2.62. The average molecular weight is 400 g/mol. The molecular formula is C14H15BrFN5O3. The van der Waals surface area contributed by atoms with Gasteiger partial charge in [-0.3, -0.25) is 5.32 Å². The Balaban J connectivity index is 2.15. The van der Waals surface area contributed by atoms with Gasteiger partial charge in [-0.15, -0.1) is 0 Å². The Morgan fingerprint density at radius 3 is 2.92 bits per heavy atom. The van der Waals surface area contributed by atoms with Crippen LogP contribution in [0.25, 0.3) is 0 Å². The maximum absolute atomic E-state index is 13.3. The molecule has 0 saturated heterocycles. The monoisotopic (exact) mass is 399 g/mol. The number of carbonyl (C=O) groups is 1. The van der Waals surface area contributed by atoms with E-state index in [1.54, 1.807) is 0 Å². The maximum atomic E-state index is 13.3. The van der Waals surface area contributed by atoms with Crippen LogP contribution in [-0.2, 0) is 0 Å². The van der Waals surface area contributed by atoms with Crippen molar-refractivity contribution < 1.29 is 18.9 Å². The molecule has 8 nitrogen and oxygen atoms in total. The molecule has 0 bridgehead atoms. The van der Waals surface area contributed by atoms with E-state index in [1.165, 1.54) is 24.5 Å². The molecule has 0 fully saturated rings. The number of anilines is 2. The molecule has 0 aliphatic carbocycles. The predicted octanol–water partition coefficient (Wildman–Crippen LogP) is 3.36. The normalized spacial score (nSPS) is 11.2. The van der Waals surface area contributed by atoms with Crippen molar-refractivity contribution in [2.24, 2.45) is 5.16 Å². The molecule has 2 rings (SSSR count). The van der Waals surface area contributed by atoms with Crippen molar-refractivity contribution in [1.29, 1.82) is 0 Å². The number of aromatic nitrogens is 1. The second kappa shape index (κ2) is 8.29. The maximum Gasteiger partial charge on any atom is 0.320 e. The van der Waals surface area contributed by atoms with Crippen LogP contribution >= 0.6 is 15.9 Å². The molecular weight excluding hydrogens is 385 g/mol. The fraction of sp³-hybridized carbons (Fsp3) is 0.214. The van der Waals surface area contributed by atoms with E-state index in [0.717, 1.165) is 6.42 Å². The number of nitrogens with zero attached hydrogens (tertiary/aromatic N) is 2. The lowest BCUT2D eigenvalue weighted by atomic mass is 10.2. The van der Waals surface area contributed by atoms with Gasteiger partial charge in [-0.05, 0) is 40.5 Å². The van der Waals surface area contributed by atoms with E-state index in [0.29, 0.717) is 12.2 Å². The highest BCUT2D eigenvalue weighted by Crippen LogP contribution is 2.22. The molecule has 1 aromatic carbocycles. The minimum Gasteiger partial charge on any atom is -0.409 e. The van der Waals surface area contributed by atoms with Gasteiger partial charge in [-0.1, -0.05) is 17.2 Å². The number of amidine groups is 1. The lowest BCUT2D eigenvalue weighted by Gasteiger charge is -2.09. The molecule has 0 aliphatic rings. The third-order valence-electron chi connectivity index (χ3n) is 2.87. The van der Waals surface area contributed by atoms with Gasteiger partial charge in [0.05, 0.1) is 4.47 Å². The van der Waals surface area contributed by atoms with Crippen LogP contribution in [0.5, 0.6) is 0 Å². The third-order valence-corrected chi connectivity index (χ3v) is 3.48. The summed E-state index contributed by atoms with van der Waals surface area (Å²) in [7, 11) is 0. The zero-order chi connectivity index (χ0) is 17.5. The van der Waals surface area contributed by atoms with E-state index < -0.39 is 11.8 Å². The van der Waals surface area contributed by atoms with Crippen molar-refractivity contribution in [3.05, 3.63) is 40.3 Å². The third kappa shape index (κ3) is 4.44. The fourth-order valence-corrected chi connectivity index (χ4v) is 2.12. The largest absolute Gasteiger partial charge is 0.409 e. The highest BCUT2D eigenvalue weighted by atomic mass is 79.9. The first-order valence-electron chi connectivity index (χ1n) is 6.98. The number of benzene rings is 1. The summed E-state index contributed by atoms with van der Waals surface area (Å²) in [6.45, 7) is 2.42. The van der Waals surface area contributed by atoms with Gasteiger partial charge in [0.1, 0.15) is 17.6 Å². The van der Waals surface area contributed by atoms with Gasteiger partial charge in [-0.25, -0.2) is 9.18 Å². The van der Waals surface area contributed by atoms with Crippen LogP contribution in [0.15, 0.2) is 38.6 Å². The zero-order valence-corrected chi connectivity index (χ0v) is 14.2. The predicted molar refractivity (Wildman–Crippen MR) is 89.9 cm³/mol. The van der Waals surface area contributed by atoms with Crippen LogP contribution in [0.1, 0.15) is 18.9 Å². The summed E-state index contributed by atoms with van der Waals surface area (Å²) in [5, 5.41) is 23.9. The Morgan fingerprint density at radius 2 is 2.25 bits per heavy atom. The Kier molecular flexibility index (Phi) is 6.13. The molecule has 0 radical (unpaired) electrons. The van der Waals surface area contributed by atoms with Crippen LogP contribution in [0, 0.1) is 5.82 Å². The van der Waals surface area contributed by atoms with Gasteiger partial charge in [-0.2, -0.15) is 0 Å². The molecule has 1 heterocycles. The number of oxime groups is 1. The molecule has 2 amide bonds. The lowest BCUT2D eigenvalue weighted by molar-refractivity contribution is 0.252. The molecule has 4 N–H and O–H groups in total. The van der Waals surface area contributed by atoms with Gasteiger partial charge in [0.25, 0.3) is 0 Å². The molecule has 128 valence electrons. The smallest absolute Gasteiger partial charge is 0.320 e. The number of carbonyl (C=O) groups excluding carboxylic acids is 1. The molecule has 0 atom stereocenters. The van der Waals surface area contributed by atoms with Crippen molar-refractivity contribution in [3.8, 4) is 0 Å². The minimum atomic E-state index is -0.464. The van der Waals surface area contributed by atoms with E-state index in [4.69, 9.17) is 4.52 Å². The molecule has 0 aliphatic heterocycles. The quantitative estimate of drug-likeness (QED) is 0.266. The highest BCUT2D eigenvalue weighted by molar-refractivity contribution is 9.10. The molecule has 0 spiro atoms. The first-order chi connectivity index (χ1) is 11.5. The Morgan fingerprint density at radius 1 is 1.46 bits per heavy atom. The van der Waals surface area contributed by atoms with Crippen molar-refractivity contribution >= 4 is 39.3 Å². The van der Waals surface area contributed by atoms with Gasteiger partial charge in [0, 0.05) is 12.2 Å². The summed E-state index contributed by atoms with van der Waals surface area (Å²) in [5.41, 5.74) is 0.684. The molecule has 0 unspecified atom stereocenters. The number of urea groups is 1. The SMILES string of the molecule is CCCNC(=O)Nc1nocc1/C(=N/O)Nc1ccc(F)c(Br)c1. The highest BCUT2D eigenvalue weighted by Gasteiger charge is 2.17. The number of rotatable bonds is 5. The lowest BCUT2D eigenvalue weighted by Crippen LogP contribution is -2.30.